The molecule has 0 saturated carbocycles. The number of rotatable bonds is 4. The average molecular weight is 330 g/mol. The van der Waals surface area contributed by atoms with Crippen LogP contribution in [0.25, 0.3) is 0 Å². The summed E-state index contributed by atoms with van der Waals surface area (Å²) >= 11 is 12.0. The molecule has 1 heterocycles. The first-order valence-corrected chi connectivity index (χ1v) is 7.68. The second-order valence-electron chi connectivity index (χ2n) is 5.21. The smallest absolute Gasteiger partial charge is 0.306 e. The van der Waals surface area contributed by atoms with E-state index in [1.807, 2.05) is 12.1 Å². The van der Waals surface area contributed by atoms with Gasteiger partial charge in [-0.3, -0.25) is 9.59 Å². The van der Waals surface area contributed by atoms with Gasteiger partial charge in [-0.05, 0) is 30.9 Å². The molecule has 1 fully saturated rings. The number of hydrogen-bond acceptors (Lipinski definition) is 2. The fraction of sp³-hybridized carbons (Fsp3) is 0.467. The summed E-state index contributed by atoms with van der Waals surface area (Å²) < 4.78 is 0. The molecule has 1 N–H and O–H groups in total. The van der Waals surface area contributed by atoms with E-state index in [2.05, 4.69) is 0 Å². The van der Waals surface area contributed by atoms with Gasteiger partial charge in [0, 0.05) is 19.5 Å². The summed E-state index contributed by atoms with van der Waals surface area (Å²) in [7, 11) is 0. The van der Waals surface area contributed by atoms with Gasteiger partial charge in [0.05, 0.1) is 16.0 Å². The Morgan fingerprint density at radius 2 is 1.90 bits per heavy atom. The molecule has 4 nitrogen and oxygen atoms in total. The van der Waals surface area contributed by atoms with Crippen LogP contribution < -0.4 is 0 Å². The van der Waals surface area contributed by atoms with E-state index in [1.165, 1.54) is 0 Å². The lowest BCUT2D eigenvalue weighted by molar-refractivity contribution is -0.145. The minimum atomic E-state index is -0.771. The SMILES string of the molecule is O=C(O)C1CCN(C(=O)CCc2cccc(Cl)c2Cl)CC1. The summed E-state index contributed by atoms with van der Waals surface area (Å²) in [6, 6.07) is 5.39. The number of nitrogens with zero attached hydrogens (tertiary/aromatic N) is 1. The second-order valence-corrected chi connectivity index (χ2v) is 5.99. The van der Waals surface area contributed by atoms with Crippen molar-refractivity contribution in [1.29, 1.82) is 0 Å². The highest BCUT2D eigenvalue weighted by atomic mass is 35.5. The van der Waals surface area contributed by atoms with Crippen molar-refractivity contribution in [3.05, 3.63) is 33.8 Å². The number of benzene rings is 1. The number of piperidine rings is 1. The van der Waals surface area contributed by atoms with E-state index in [0.29, 0.717) is 48.8 Å². The first-order valence-electron chi connectivity index (χ1n) is 6.92. The van der Waals surface area contributed by atoms with Crippen LogP contribution in [-0.2, 0) is 16.0 Å². The molecule has 1 aliphatic rings. The summed E-state index contributed by atoms with van der Waals surface area (Å²) in [4.78, 5) is 24.8. The van der Waals surface area contributed by atoms with Crippen LogP contribution in [-0.4, -0.2) is 35.0 Å². The number of aliphatic carboxylic acids is 1. The molecule has 21 heavy (non-hydrogen) atoms. The van der Waals surface area contributed by atoms with Crippen LogP contribution in [0.5, 0.6) is 0 Å². The molecule has 0 radical (unpaired) electrons. The quantitative estimate of drug-likeness (QED) is 0.922. The third-order valence-electron chi connectivity index (χ3n) is 3.84. The van der Waals surface area contributed by atoms with E-state index in [9.17, 15) is 9.59 Å². The fourth-order valence-corrected chi connectivity index (χ4v) is 2.93. The Kier molecular flexibility index (Phi) is 5.48. The third-order valence-corrected chi connectivity index (χ3v) is 4.69. The molecule has 114 valence electrons. The van der Waals surface area contributed by atoms with Crippen molar-refractivity contribution < 1.29 is 14.7 Å². The van der Waals surface area contributed by atoms with Gasteiger partial charge in [0.25, 0.3) is 0 Å². The van der Waals surface area contributed by atoms with E-state index < -0.39 is 5.97 Å². The molecule has 1 aliphatic heterocycles. The van der Waals surface area contributed by atoms with E-state index >= 15 is 0 Å². The van der Waals surface area contributed by atoms with Crippen molar-refractivity contribution >= 4 is 35.1 Å². The molecule has 0 bridgehead atoms. The first-order chi connectivity index (χ1) is 9.99. The number of hydrogen-bond donors (Lipinski definition) is 1. The Labute approximate surface area is 133 Å². The molecule has 1 saturated heterocycles. The van der Waals surface area contributed by atoms with Crippen LogP contribution >= 0.6 is 23.2 Å². The molecule has 0 aliphatic carbocycles. The van der Waals surface area contributed by atoms with Gasteiger partial charge < -0.3 is 10.0 Å². The highest BCUT2D eigenvalue weighted by molar-refractivity contribution is 6.42. The van der Waals surface area contributed by atoms with E-state index in [0.717, 1.165) is 5.56 Å². The maximum absolute atomic E-state index is 12.1. The number of aryl methyl sites for hydroxylation is 1. The summed E-state index contributed by atoms with van der Waals surface area (Å²) in [5, 5.41) is 9.93. The van der Waals surface area contributed by atoms with Crippen molar-refractivity contribution in [3.63, 3.8) is 0 Å². The number of amides is 1. The van der Waals surface area contributed by atoms with Crippen LogP contribution in [0.1, 0.15) is 24.8 Å². The zero-order valence-corrected chi connectivity index (χ0v) is 13.0. The monoisotopic (exact) mass is 329 g/mol. The summed E-state index contributed by atoms with van der Waals surface area (Å²) in [6.07, 6.45) is 1.95. The van der Waals surface area contributed by atoms with Crippen LogP contribution in [0.2, 0.25) is 10.0 Å². The van der Waals surface area contributed by atoms with Gasteiger partial charge in [-0.25, -0.2) is 0 Å². The Morgan fingerprint density at radius 3 is 2.52 bits per heavy atom. The normalized spacial score (nSPS) is 16.0. The number of likely N-dealkylation sites (tertiary alicyclic amines) is 1. The van der Waals surface area contributed by atoms with Crippen molar-refractivity contribution in [2.24, 2.45) is 5.92 Å². The van der Waals surface area contributed by atoms with Gasteiger partial charge in [0.15, 0.2) is 0 Å². The lowest BCUT2D eigenvalue weighted by Crippen LogP contribution is -2.40. The van der Waals surface area contributed by atoms with Crippen molar-refractivity contribution in [2.75, 3.05) is 13.1 Å². The third kappa shape index (κ3) is 4.11. The van der Waals surface area contributed by atoms with Gasteiger partial charge in [0.1, 0.15) is 0 Å². The van der Waals surface area contributed by atoms with Crippen LogP contribution in [0, 0.1) is 5.92 Å². The van der Waals surface area contributed by atoms with Gasteiger partial charge in [0.2, 0.25) is 5.91 Å². The van der Waals surface area contributed by atoms with Crippen molar-refractivity contribution in [2.45, 2.75) is 25.7 Å². The Morgan fingerprint density at radius 1 is 1.24 bits per heavy atom. The molecular weight excluding hydrogens is 313 g/mol. The predicted octanol–water partition coefficient (Wildman–Crippen LogP) is 3.25. The van der Waals surface area contributed by atoms with Crippen LogP contribution in [0.15, 0.2) is 18.2 Å². The molecule has 6 heteroatoms. The van der Waals surface area contributed by atoms with Crippen LogP contribution in [0.4, 0.5) is 0 Å². The molecule has 0 atom stereocenters. The van der Waals surface area contributed by atoms with Gasteiger partial charge in [-0.15, -0.1) is 0 Å². The average Bonchev–Trinajstić information content (AvgIpc) is 2.48. The summed E-state index contributed by atoms with van der Waals surface area (Å²) in [6.45, 7) is 1.03. The highest BCUT2D eigenvalue weighted by Gasteiger charge is 2.26. The van der Waals surface area contributed by atoms with Gasteiger partial charge in [-0.1, -0.05) is 35.3 Å². The van der Waals surface area contributed by atoms with Crippen molar-refractivity contribution in [1.82, 2.24) is 4.90 Å². The summed E-state index contributed by atoms with van der Waals surface area (Å²) in [5.74, 6) is -1.06. The van der Waals surface area contributed by atoms with E-state index in [1.54, 1.807) is 11.0 Å². The molecule has 1 amide bonds. The lowest BCUT2D eigenvalue weighted by atomic mass is 9.96. The minimum absolute atomic E-state index is 0.0369. The summed E-state index contributed by atoms with van der Waals surface area (Å²) in [5.41, 5.74) is 0.859. The predicted molar refractivity (Wildman–Crippen MR) is 81.7 cm³/mol. The minimum Gasteiger partial charge on any atom is -0.481 e. The maximum atomic E-state index is 12.1. The number of carbonyl (C=O) groups is 2. The molecule has 1 aromatic carbocycles. The fourth-order valence-electron chi connectivity index (χ4n) is 2.52. The Bertz CT molecular complexity index is 540. The molecule has 0 spiro atoms. The number of carboxylic acid groups (broad SMARTS) is 1. The molecule has 1 aromatic rings. The second kappa shape index (κ2) is 7.14. The largest absolute Gasteiger partial charge is 0.481 e. The molecule has 0 unspecified atom stereocenters. The number of carboxylic acids is 1. The topological polar surface area (TPSA) is 57.6 Å². The first kappa shape index (κ1) is 16.1. The lowest BCUT2D eigenvalue weighted by Gasteiger charge is -2.30. The standard InChI is InChI=1S/C15H17Cl2NO3/c16-12-3-1-2-10(14(12)17)4-5-13(19)18-8-6-11(7-9-18)15(20)21/h1-3,11H,4-9H2,(H,20,21). The van der Waals surface area contributed by atoms with E-state index in [4.69, 9.17) is 28.3 Å². The number of halogens is 2. The zero-order valence-electron chi connectivity index (χ0n) is 11.5. The molecular formula is C15H17Cl2NO3. The van der Waals surface area contributed by atoms with E-state index in [-0.39, 0.29) is 11.8 Å². The number of carbonyl (C=O) groups excluding carboxylic acids is 1. The maximum Gasteiger partial charge on any atom is 0.306 e. The zero-order chi connectivity index (χ0) is 15.4. The molecule has 0 aromatic heterocycles. The highest BCUT2D eigenvalue weighted by Crippen LogP contribution is 2.26. The molecule has 2 rings (SSSR count). The van der Waals surface area contributed by atoms with Gasteiger partial charge in [-0.2, -0.15) is 0 Å². The van der Waals surface area contributed by atoms with Gasteiger partial charge >= 0.3 is 5.97 Å². The Hall–Kier alpha value is -1.26. The van der Waals surface area contributed by atoms with Crippen LogP contribution in [0.3, 0.4) is 0 Å². The Balaban J connectivity index is 1.85. The van der Waals surface area contributed by atoms with Crippen molar-refractivity contribution in [3.8, 4) is 0 Å².